The summed E-state index contributed by atoms with van der Waals surface area (Å²) in [5.41, 5.74) is 0.647. The molecule has 0 spiro atoms. The lowest BCUT2D eigenvalue weighted by Gasteiger charge is -1.99. The second-order valence-corrected chi connectivity index (χ2v) is 3.03. The highest BCUT2D eigenvalue weighted by molar-refractivity contribution is 5.34. The van der Waals surface area contributed by atoms with Gasteiger partial charge in [0.15, 0.2) is 0 Å². The lowest BCUT2D eigenvalue weighted by molar-refractivity contribution is 0.950. The maximum absolute atomic E-state index is 11.2. The van der Waals surface area contributed by atoms with E-state index in [4.69, 9.17) is 0 Å². The number of hydrogen-bond donors (Lipinski definition) is 2. The number of hydrogen-bond acceptors (Lipinski definition) is 2. The number of benzene rings is 1. The van der Waals surface area contributed by atoms with Gasteiger partial charge in [0, 0.05) is 0 Å². The van der Waals surface area contributed by atoms with Gasteiger partial charge < -0.3 is 0 Å². The first-order chi connectivity index (χ1) is 6.68. The van der Waals surface area contributed by atoms with Crippen molar-refractivity contribution in [2.75, 3.05) is 0 Å². The van der Waals surface area contributed by atoms with Crippen molar-refractivity contribution in [1.29, 1.82) is 0 Å². The van der Waals surface area contributed by atoms with E-state index in [0.29, 0.717) is 5.69 Å². The Balaban J connectivity index is 2.72. The normalized spacial score (nSPS) is 10.4. The van der Waals surface area contributed by atoms with Gasteiger partial charge in [0.2, 0.25) is 0 Å². The molecular formula is C9H9N3O2. The van der Waals surface area contributed by atoms with Gasteiger partial charge in [-0.15, -0.1) is 0 Å². The molecule has 0 atom stereocenters. The van der Waals surface area contributed by atoms with Crippen LogP contribution in [0.2, 0.25) is 0 Å². The molecule has 0 amide bonds. The van der Waals surface area contributed by atoms with Gasteiger partial charge in [0.25, 0.3) is 0 Å². The predicted octanol–water partition coefficient (Wildman–Crippen LogP) is 0.162. The highest BCUT2D eigenvalue weighted by Gasteiger charge is 2.04. The van der Waals surface area contributed by atoms with Crippen molar-refractivity contribution < 1.29 is 0 Å². The summed E-state index contributed by atoms with van der Waals surface area (Å²) in [4.78, 5) is 22.5. The summed E-state index contributed by atoms with van der Waals surface area (Å²) in [7, 11) is 0. The Morgan fingerprint density at radius 2 is 1.79 bits per heavy atom. The molecule has 1 heterocycles. The summed E-state index contributed by atoms with van der Waals surface area (Å²) in [5.74, 6) is 0. The lowest BCUT2D eigenvalue weighted by Crippen LogP contribution is -2.24. The number of H-pyrrole nitrogens is 2. The van der Waals surface area contributed by atoms with E-state index in [9.17, 15) is 9.59 Å². The molecular weight excluding hydrogens is 182 g/mol. The van der Waals surface area contributed by atoms with Crippen LogP contribution in [0.1, 0.15) is 5.56 Å². The zero-order chi connectivity index (χ0) is 10.1. The molecule has 0 fully saturated rings. The number of aryl methyl sites for hydroxylation is 1. The van der Waals surface area contributed by atoms with Crippen LogP contribution in [0.25, 0.3) is 5.69 Å². The van der Waals surface area contributed by atoms with Crippen LogP contribution in [0, 0.1) is 6.92 Å². The number of nitrogens with zero attached hydrogens (tertiary/aromatic N) is 1. The second kappa shape index (κ2) is 3.02. The molecule has 0 aliphatic heterocycles. The highest BCUT2D eigenvalue weighted by Crippen LogP contribution is 2.04. The number of nitrogens with one attached hydrogen (secondary N) is 2. The maximum atomic E-state index is 11.2. The Labute approximate surface area is 79.0 Å². The van der Waals surface area contributed by atoms with Gasteiger partial charge in [0.05, 0.1) is 5.69 Å². The van der Waals surface area contributed by atoms with E-state index in [-0.39, 0.29) is 0 Å². The van der Waals surface area contributed by atoms with Gasteiger partial charge >= 0.3 is 11.4 Å². The van der Waals surface area contributed by atoms with Gasteiger partial charge in [0.1, 0.15) is 0 Å². The standard InChI is InChI=1S/C9H9N3O2/c1-6-3-2-4-7(5-6)12-8(13)10-11-9(12)14/h2-5H,1H3,(H,10,13)(H,11,14). The van der Waals surface area contributed by atoms with E-state index in [1.54, 1.807) is 18.2 Å². The first-order valence-electron chi connectivity index (χ1n) is 4.15. The fourth-order valence-electron chi connectivity index (χ4n) is 1.31. The van der Waals surface area contributed by atoms with Gasteiger partial charge in [-0.2, -0.15) is 0 Å². The summed E-state index contributed by atoms with van der Waals surface area (Å²) in [6.07, 6.45) is 0. The van der Waals surface area contributed by atoms with E-state index in [1.165, 1.54) is 0 Å². The fraction of sp³-hybridized carbons (Fsp3) is 0.111. The minimum absolute atomic E-state index is 0.458. The molecule has 2 aromatic rings. The molecule has 0 radical (unpaired) electrons. The third kappa shape index (κ3) is 1.28. The Kier molecular flexibility index (Phi) is 1.85. The molecule has 0 unspecified atom stereocenters. The first kappa shape index (κ1) is 8.55. The van der Waals surface area contributed by atoms with Crippen molar-refractivity contribution in [3.8, 4) is 5.69 Å². The van der Waals surface area contributed by atoms with E-state index in [0.717, 1.165) is 10.1 Å². The van der Waals surface area contributed by atoms with Crippen LogP contribution in [-0.4, -0.2) is 14.8 Å². The fourth-order valence-corrected chi connectivity index (χ4v) is 1.31. The molecule has 72 valence electrons. The van der Waals surface area contributed by atoms with Crippen LogP contribution in [-0.2, 0) is 0 Å². The molecule has 0 saturated carbocycles. The molecule has 1 aromatic carbocycles. The van der Waals surface area contributed by atoms with E-state index in [2.05, 4.69) is 10.2 Å². The van der Waals surface area contributed by atoms with E-state index in [1.807, 2.05) is 13.0 Å². The van der Waals surface area contributed by atoms with Gasteiger partial charge in [-0.1, -0.05) is 12.1 Å². The van der Waals surface area contributed by atoms with Crippen molar-refractivity contribution in [2.45, 2.75) is 6.92 Å². The lowest BCUT2D eigenvalue weighted by atomic mass is 10.2. The van der Waals surface area contributed by atoms with Gasteiger partial charge in [-0.05, 0) is 24.6 Å². The molecule has 1 aromatic heterocycles. The Bertz CT molecular complexity index is 534. The third-order valence-electron chi connectivity index (χ3n) is 1.94. The summed E-state index contributed by atoms with van der Waals surface area (Å²) >= 11 is 0. The SMILES string of the molecule is Cc1cccc(-n2c(=O)[nH][nH]c2=O)c1. The van der Waals surface area contributed by atoms with Crippen LogP contribution >= 0.6 is 0 Å². The topological polar surface area (TPSA) is 70.7 Å². The van der Waals surface area contributed by atoms with Crippen molar-refractivity contribution in [1.82, 2.24) is 14.8 Å². The molecule has 2 N–H and O–H groups in total. The van der Waals surface area contributed by atoms with Crippen molar-refractivity contribution in [3.05, 3.63) is 50.8 Å². The molecule has 0 bridgehead atoms. The van der Waals surface area contributed by atoms with Crippen molar-refractivity contribution in [2.24, 2.45) is 0 Å². The van der Waals surface area contributed by atoms with Crippen LogP contribution < -0.4 is 11.4 Å². The van der Waals surface area contributed by atoms with Crippen LogP contribution in [0.15, 0.2) is 33.9 Å². The third-order valence-corrected chi connectivity index (χ3v) is 1.94. The summed E-state index contributed by atoms with van der Waals surface area (Å²) in [6.45, 7) is 1.90. The zero-order valence-electron chi connectivity index (χ0n) is 7.57. The smallest absolute Gasteiger partial charge is 0.247 e. The van der Waals surface area contributed by atoms with Crippen LogP contribution in [0.4, 0.5) is 0 Å². The van der Waals surface area contributed by atoms with Crippen LogP contribution in [0.3, 0.4) is 0 Å². The predicted molar refractivity (Wildman–Crippen MR) is 51.7 cm³/mol. The molecule has 14 heavy (non-hydrogen) atoms. The molecule has 5 heteroatoms. The number of rotatable bonds is 1. The molecule has 0 saturated heterocycles. The molecule has 2 rings (SSSR count). The quantitative estimate of drug-likeness (QED) is 0.674. The largest absolute Gasteiger partial charge is 0.348 e. The Morgan fingerprint density at radius 1 is 1.14 bits per heavy atom. The molecule has 5 nitrogen and oxygen atoms in total. The average molecular weight is 191 g/mol. The summed E-state index contributed by atoms with van der Waals surface area (Å²) in [6, 6.07) is 7.17. The van der Waals surface area contributed by atoms with Crippen LogP contribution in [0.5, 0.6) is 0 Å². The number of aromatic amines is 2. The minimum atomic E-state index is -0.458. The summed E-state index contributed by atoms with van der Waals surface area (Å²) < 4.78 is 1.05. The molecule has 0 aliphatic rings. The van der Waals surface area contributed by atoms with Gasteiger partial charge in [-0.3, -0.25) is 0 Å². The molecule has 0 aliphatic carbocycles. The van der Waals surface area contributed by atoms with Crippen molar-refractivity contribution >= 4 is 0 Å². The minimum Gasteiger partial charge on any atom is -0.247 e. The maximum Gasteiger partial charge on any atom is 0.348 e. The Morgan fingerprint density at radius 3 is 2.36 bits per heavy atom. The first-order valence-corrected chi connectivity index (χ1v) is 4.15. The highest BCUT2D eigenvalue weighted by atomic mass is 16.2. The Hall–Kier alpha value is -2.04. The van der Waals surface area contributed by atoms with E-state index >= 15 is 0 Å². The van der Waals surface area contributed by atoms with Crippen molar-refractivity contribution in [3.63, 3.8) is 0 Å². The monoisotopic (exact) mass is 191 g/mol. The average Bonchev–Trinajstić information content (AvgIpc) is 2.46. The second-order valence-electron chi connectivity index (χ2n) is 3.03. The number of aromatic nitrogens is 3. The zero-order valence-corrected chi connectivity index (χ0v) is 7.57. The summed E-state index contributed by atoms with van der Waals surface area (Å²) in [5, 5.41) is 4.45. The van der Waals surface area contributed by atoms with Gasteiger partial charge in [-0.25, -0.2) is 24.4 Å². The van der Waals surface area contributed by atoms with E-state index < -0.39 is 11.4 Å².